The number of nitro benzene ring substituents is 2. The van der Waals surface area contributed by atoms with Gasteiger partial charge in [0.05, 0.1) is 20.9 Å². The molecule has 8 nitrogen and oxygen atoms in total. The summed E-state index contributed by atoms with van der Waals surface area (Å²) in [6, 6.07) is 6.22. The molecule has 0 saturated carbocycles. The molecule has 0 saturated heterocycles. The first-order valence-electron chi connectivity index (χ1n) is 5.19. The molecule has 20 heavy (non-hydrogen) atoms. The van der Waals surface area contributed by atoms with Crippen LogP contribution in [0.25, 0.3) is 0 Å². The number of benzene rings is 1. The SMILES string of the molecule is O=[N+]([O-])c1ccc(Oc2ccc(Cl)cn2)cc1[N+](=O)[O-]. The number of rotatable bonds is 4. The first-order chi connectivity index (χ1) is 9.47. The van der Waals surface area contributed by atoms with E-state index < -0.39 is 21.2 Å². The molecule has 1 aromatic carbocycles. The van der Waals surface area contributed by atoms with Crippen molar-refractivity contribution in [2.45, 2.75) is 0 Å². The lowest BCUT2D eigenvalue weighted by atomic mass is 10.2. The van der Waals surface area contributed by atoms with Crippen LogP contribution in [0.4, 0.5) is 11.4 Å². The average molecular weight is 296 g/mol. The number of nitro groups is 2. The van der Waals surface area contributed by atoms with Gasteiger partial charge >= 0.3 is 11.4 Å². The molecule has 9 heteroatoms. The number of hydrogen-bond acceptors (Lipinski definition) is 6. The van der Waals surface area contributed by atoms with E-state index in [4.69, 9.17) is 16.3 Å². The average Bonchev–Trinajstić information content (AvgIpc) is 2.41. The van der Waals surface area contributed by atoms with Crippen LogP contribution in [-0.4, -0.2) is 14.8 Å². The van der Waals surface area contributed by atoms with Crippen LogP contribution < -0.4 is 4.74 Å². The highest BCUT2D eigenvalue weighted by atomic mass is 35.5. The summed E-state index contributed by atoms with van der Waals surface area (Å²) in [7, 11) is 0. The number of hydrogen-bond donors (Lipinski definition) is 0. The van der Waals surface area contributed by atoms with E-state index in [2.05, 4.69) is 4.98 Å². The predicted octanol–water partition coefficient (Wildman–Crippen LogP) is 3.34. The standard InChI is InChI=1S/C11H6ClN3O5/c12-7-1-4-11(13-6-7)20-8-2-3-9(14(16)17)10(5-8)15(18)19/h1-6H. The summed E-state index contributed by atoms with van der Waals surface area (Å²) in [6.45, 7) is 0. The van der Waals surface area contributed by atoms with Gasteiger partial charge in [0.1, 0.15) is 5.75 Å². The van der Waals surface area contributed by atoms with Crippen molar-refractivity contribution in [2.75, 3.05) is 0 Å². The van der Waals surface area contributed by atoms with Gasteiger partial charge in [-0.3, -0.25) is 20.2 Å². The molecule has 0 unspecified atom stereocenters. The molecule has 0 fully saturated rings. The molecule has 0 amide bonds. The molecular formula is C11H6ClN3O5. The lowest BCUT2D eigenvalue weighted by Crippen LogP contribution is -1.97. The molecule has 0 atom stereocenters. The zero-order chi connectivity index (χ0) is 14.7. The van der Waals surface area contributed by atoms with E-state index in [0.717, 1.165) is 12.1 Å². The molecule has 2 aromatic rings. The molecule has 0 aliphatic heterocycles. The van der Waals surface area contributed by atoms with E-state index in [1.54, 1.807) is 0 Å². The van der Waals surface area contributed by atoms with Gasteiger partial charge in [-0.15, -0.1) is 0 Å². The molecule has 0 spiro atoms. The highest BCUT2D eigenvalue weighted by molar-refractivity contribution is 6.30. The minimum Gasteiger partial charge on any atom is -0.439 e. The maximum atomic E-state index is 10.8. The third kappa shape index (κ3) is 2.98. The molecule has 0 aliphatic carbocycles. The largest absolute Gasteiger partial charge is 0.439 e. The van der Waals surface area contributed by atoms with Crippen molar-refractivity contribution in [3.8, 4) is 11.6 Å². The van der Waals surface area contributed by atoms with Gasteiger partial charge in [-0.05, 0) is 12.1 Å². The van der Waals surface area contributed by atoms with E-state index in [1.807, 2.05) is 0 Å². The zero-order valence-corrected chi connectivity index (χ0v) is 10.5. The smallest absolute Gasteiger partial charge is 0.349 e. The van der Waals surface area contributed by atoms with E-state index in [0.29, 0.717) is 5.02 Å². The molecule has 0 aliphatic rings. The van der Waals surface area contributed by atoms with Crippen molar-refractivity contribution in [2.24, 2.45) is 0 Å². The van der Waals surface area contributed by atoms with Gasteiger partial charge in [-0.25, -0.2) is 4.98 Å². The van der Waals surface area contributed by atoms with Crippen LogP contribution in [0, 0.1) is 20.2 Å². The Labute approximate surface area is 116 Å². The summed E-state index contributed by atoms with van der Waals surface area (Å²) in [6.07, 6.45) is 1.34. The van der Waals surface area contributed by atoms with Crippen molar-refractivity contribution in [1.29, 1.82) is 0 Å². The summed E-state index contributed by atoms with van der Waals surface area (Å²) in [5, 5.41) is 21.9. The number of aromatic nitrogens is 1. The van der Waals surface area contributed by atoms with E-state index >= 15 is 0 Å². The fourth-order valence-corrected chi connectivity index (χ4v) is 1.52. The van der Waals surface area contributed by atoms with Crippen LogP contribution in [0.15, 0.2) is 36.5 Å². The summed E-state index contributed by atoms with van der Waals surface area (Å²) in [5.41, 5.74) is -1.26. The topological polar surface area (TPSA) is 108 Å². The van der Waals surface area contributed by atoms with Crippen LogP contribution in [0.1, 0.15) is 0 Å². The number of halogens is 1. The summed E-state index contributed by atoms with van der Waals surface area (Å²) in [4.78, 5) is 23.6. The van der Waals surface area contributed by atoms with Gasteiger partial charge in [-0.2, -0.15) is 0 Å². The Morgan fingerprint density at radius 3 is 2.30 bits per heavy atom. The molecule has 0 bridgehead atoms. The number of nitrogens with zero attached hydrogens (tertiary/aromatic N) is 3. The Balaban J connectivity index is 2.34. The second-order valence-corrected chi connectivity index (χ2v) is 4.02. The Morgan fingerprint density at radius 2 is 1.75 bits per heavy atom. The summed E-state index contributed by atoms with van der Waals surface area (Å²) >= 11 is 5.65. The zero-order valence-electron chi connectivity index (χ0n) is 9.72. The Bertz CT molecular complexity index is 674. The van der Waals surface area contributed by atoms with Crippen molar-refractivity contribution in [3.63, 3.8) is 0 Å². The maximum Gasteiger partial charge on any atom is 0.349 e. The summed E-state index contributed by atoms with van der Waals surface area (Å²) in [5.74, 6) is 0.231. The first-order valence-corrected chi connectivity index (χ1v) is 5.57. The third-order valence-corrected chi connectivity index (χ3v) is 2.49. The van der Waals surface area contributed by atoms with Crippen LogP contribution in [0.3, 0.4) is 0 Å². The highest BCUT2D eigenvalue weighted by Crippen LogP contribution is 2.32. The highest BCUT2D eigenvalue weighted by Gasteiger charge is 2.24. The quantitative estimate of drug-likeness (QED) is 0.632. The van der Waals surface area contributed by atoms with Gasteiger partial charge in [0, 0.05) is 18.3 Å². The monoisotopic (exact) mass is 295 g/mol. The van der Waals surface area contributed by atoms with Gasteiger partial charge in [0.25, 0.3) is 0 Å². The summed E-state index contributed by atoms with van der Waals surface area (Å²) < 4.78 is 5.26. The normalized spacial score (nSPS) is 10.1. The Hall–Kier alpha value is -2.74. The Morgan fingerprint density at radius 1 is 1.05 bits per heavy atom. The lowest BCUT2D eigenvalue weighted by Gasteiger charge is -2.04. The van der Waals surface area contributed by atoms with Gasteiger partial charge in [0.2, 0.25) is 5.88 Å². The second kappa shape index (κ2) is 5.49. The van der Waals surface area contributed by atoms with Gasteiger partial charge in [0.15, 0.2) is 0 Å². The van der Waals surface area contributed by atoms with Crippen LogP contribution in [0.2, 0.25) is 5.02 Å². The number of ether oxygens (including phenoxy) is 1. The third-order valence-electron chi connectivity index (χ3n) is 2.26. The first kappa shape index (κ1) is 13.7. The van der Waals surface area contributed by atoms with Crippen molar-refractivity contribution in [3.05, 3.63) is 61.8 Å². The minimum absolute atomic E-state index is 0.0668. The van der Waals surface area contributed by atoms with Gasteiger partial charge in [-0.1, -0.05) is 11.6 Å². The van der Waals surface area contributed by atoms with Gasteiger partial charge < -0.3 is 4.74 Å². The number of pyridine rings is 1. The van der Waals surface area contributed by atoms with Crippen LogP contribution in [0.5, 0.6) is 11.6 Å². The fraction of sp³-hybridized carbons (Fsp3) is 0. The molecule has 0 radical (unpaired) electrons. The predicted molar refractivity (Wildman–Crippen MR) is 69.1 cm³/mol. The maximum absolute atomic E-state index is 10.8. The molecule has 1 aromatic heterocycles. The van der Waals surface area contributed by atoms with Crippen LogP contribution in [-0.2, 0) is 0 Å². The Kier molecular flexibility index (Phi) is 3.76. The van der Waals surface area contributed by atoms with Crippen molar-refractivity contribution >= 4 is 23.0 Å². The van der Waals surface area contributed by atoms with E-state index in [9.17, 15) is 20.2 Å². The van der Waals surface area contributed by atoms with E-state index in [-0.39, 0.29) is 11.6 Å². The fourth-order valence-electron chi connectivity index (χ4n) is 1.41. The van der Waals surface area contributed by atoms with Crippen molar-refractivity contribution in [1.82, 2.24) is 4.98 Å². The van der Waals surface area contributed by atoms with Crippen molar-refractivity contribution < 1.29 is 14.6 Å². The molecule has 1 heterocycles. The molecule has 2 rings (SSSR count). The molecule has 0 N–H and O–H groups in total. The molecule has 102 valence electrons. The van der Waals surface area contributed by atoms with E-state index in [1.165, 1.54) is 24.4 Å². The van der Waals surface area contributed by atoms with Crippen LogP contribution >= 0.6 is 11.6 Å². The minimum atomic E-state index is -0.847. The molecular weight excluding hydrogens is 290 g/mol. The second-order valence-electron chi connectivity index (χ2n) is 3.58. The lowest BCUT2D eigenvalue weighted by molar-refractivity contribution is -0.422.